The van der Waals surface area contributed by atoms with Crippen molar-refractivity contribution in [2.45, 2.75) is 38.3 Å². The Morgan fingerprint density at radius 2 is 2.11 bits per heavy atom. The molecule has 0 spiro atoms. The van der Waals surface area contributed by atoms with Crippen LogP contribution >= 0.6 is 12.4 Å². The van der Waals surface area contributed by atoms with Gasteiger partial charge in [0, 0.05) is 24.9 Å². The van der Waals surface area contributed by atoms with Crippen LogP contribution < -0.4 is 15.5 Å². The van der Waals surface area contributed by atoms with E-state index >= 15 is 0 Å². The number of likely N-dealkylation sites (N-methyl/N-ethyl adjacent to an activating group) is 1. The van der Waals surface area contributed by atoms with E-state index < -0.39 is 29.6 Å². The summed E-state index contributed by atoms with van der Waals surface area (Å²) >= 11 is 0. The smallest absolute Gasteiger partial charge is 0.329 e. The number of imide groups is 1. The highest BCUT2D eigenvalue weighted by atomic mass is 35.5. The SMILES string of the molecule is CNC(C)Cc1noc(CCC2NC(=O)N(c3ccc(F)cc3F)C2=O)n1.Cl. The van der Waals surface area contributed by atoms with Crippen molar-refractivity contribution in [3.63, 3.8) is 0 Å². The highest BCUT2D eigenvalue weighted by molar-refractivity contribution is 6.21. The van der Waals surface area contributed by atoms with E-state index in [0.29, 0.717) is 29.1 Å². The van der Waals surface area contributed by atoms with Crippen LogP contribution in [0, 0.1) is 11.6 Å². The van der Waals surface area contributed by atoms with E-state index in [2.05, 4.69) is 20.8 Å². The first kappa shape index (κ1) is 21.7. The Hall–Kier alpha value is -2.59. The normalized spacial score (nSPS) is 17.4. The van der Waals surface area contributed by atoms with Gasteiger partial charge in [0.2, 0.25) is 5.89 Å². The molecule has 0 bridgehead atoms. The van der Waals surface area contributed by atoms with Gasteiger partial charge < -0.3 is 15.2 Å². The maximum Gasteiger partial charge on any atom is 0.329 e. The lowest BCUT2D eigenvalue weighted by atomic mass is 10.1. The molecule has 3 rings (SSSR count). The number of amides is 3. The van der Waals surface area contributed by atoms with Crippen LogP contribution in [0.2, 0.25) is 0 Å². The number of anilines is 1. The molecule has 0 aliphatic carbocycles. The lowest BCUT2D eigenvalue weighted by Crippen LogP contribution is -2.32. The number of nitrogens with one attached hydrogen (secondary N) is 2. The summed E-state index contributed by atoms with van der Waals surface area (Å²) in [5, 5.41) is 9.43. The molecule has 3 amide bonds. The lowest BCUT2D eigenvalue weighted by molar-refractivity contribution is -0.118. The molecule has 152 valence electrons. The second-order valence-corrected chi connectivity index (χ2v) is 6.31. The van der Waals surface area contributed by atoms with Crippen molar-refractivity contribution >= 4 is 30.0 Å². The van der Waals surface area contributed by atoms with Crippen molar-refractivity contribution in [2.75, 3.05) is 11.9 Å². The molecule has 11 heteroatoms. The molecule has 1 aliphatic rings. The summed E-state index contributed by atoms with van der Waals surface area (Å²) in [6.45, 7) is 1.98. The molecule has 1 aromatic carbocycles. The van der Waals surface area contributed by atoms with Crippen LogP contribution in [0.25, 0.3) is 0 Å². The monoisotopic (exact) mass is 415 g/mol. The summed E-state index contributed by atoms with van der Waals surface area (Å²) in [4.78, 5) is 29.5. The predicted octanol–water partition coefficient (Wildman–Crippen LogP) is 1.98. The van der Waals surface area contributed by atoms with Crippen LogP contribution in [-0.2, 0) is 17.6 Å². The van der Waals surface area contributed by atoms with Crippen LogP contribution in [0.3, 0.4) is 0 Å². The Morgan fingerprint density at radius 1 is 1.36 bits per heavy atom. The number of carbonyl (C=O) groups is 2. The topological polar surface area (TPSA) is 100 Å². The number of carbonyl (C=O) groups excluding carboxylic acids is 2. The predicted molar refractivity (Wildman–Crippen MR) is 98.3 cm³/mol. The average molecular weight is 416 g/mol. The summed E-state index contributed by atoms with van der Waals surface area (Å²) in [6, 6.07) is 1.23. The van der Waals surface area contributed by atoms with Crippen molar-refractivity contribution < 1.29 is 22.9 Å². The van der Waals surface area contributed by atoms with Crippen LogP contribution in [-0.4, -0.2) is 41.2 Å². The van der Waals surface area contributed by atoms with Crippen molar-refractivity contribution in [2.24, 2.45) is 0 Å². The first-order valence-corrected chi connectivity index (χ1v) is 8.47. The second kappa shape index (κ2) is 9.07. The van der Waals surface area contributed by atoms with Crippen LogP contribution in [0.4, 0.5) is 19.3 Å². The Bertz CT molecular complexity index is 863. The van der Waals surface area contributed by atoms with Gasteiger partial charge in [-0.05, 0) is 32.5 Å². The summed E-state index contributed by atoms with van der Waals surface area (Å²) in [5.74, 6) is -1.50. The quantitative estimate of drug-likeness (QED) is 0.671. The molecular formula is C17H20ClF2N5O3. The molecule has 1 aromatic heterocycles. The Labute approximate surface area is 166 Å². The second-order valence-electron chi connectivity index (χ2n) is 6.31. The molecule has 2 N–H and O–H groups in total. The zero-order valence-electron chi connectivity index (χ0n) is 15.2. The molecule has 0 saturated carbocycles. The first-order valence-electron chi connectivity index (χ1n) is 8.47. The maximum atomic E-state index is 13.9. The number of rotatable bonds is 7. The van der Waals surface area contributed by atoms with Crippen molar-refractivity contribution in [3.8, 4) is 0 Å². The van der Waals surface area contributed by atoms with Gasteiger partial charge in [0.25, 0.3) is 5.91 Å². The zero-order chi connectivity index (χ0) is 19.6. The summed E-state index contributed by atoms with van der Waals surface area (Å²) < 4.78 is 32.1. The fourth-order valence-corrected chi connectivity index (χ4v) is 2.74. The number of urea groups is 1. The molecule has 2 heterocycles. The molecule has 2 unspecified atom stereocenters. The fourth-order valence-electron chi connectivity index (χ4n) is 2.74. The van der Waals surface area contributed by atoms with Gasteiger partial charge in [0.05, 0.1) is 5.69 Å². The standard InChI is InChI=1S/C17H19F2N5O3.ClH/c1-9(20-2)7-14-22-15(27-23-14)6-4-12-16(25)24(17(26)21-12)13-5-3-10(18)8-11(13)19;/h3,5,8-9,12,20H,4,6-7H2,1-2H3,(H,21,26);1H. The first-order chi connectivity index (χ1) is 12.9. The average Bonchev–Trinajstić information content (AvgIpc) is 3.18. The molecule has 1 aliphatic heterocycles. The number of aryl methyl sites for hydroxylation is 1. The van der Waals surface area contributed by atoms with Gasteiger partial charge in [-0.15, -0.1) is 12.4 Å². The van der Waals surface area contributed by atoms with E-state index in [1.165, 1.54) is 0 Å². The number of aromatic nitrogens is 2. The van der Waals surface area contributed by atoms with Crippen LogP contribution in [0.1, 0.15) is 25.1 Å². The van der Waals surface area contributed by atoms with Gasteiger partial charge in [-0.25, -0.2) is 18.5 Å². The minimum absolute atomic E-state index is 0. The number of hydrogen-bond donors (Lipinski definition) is 2. The third-order valence-electron chi connectivity index (χ3n) is 4.31. The number of nitrogens with zero attached hydrogens (tertiary/aromatic N) is 3. The summed E-state index contributed by atoms with van der Waals surface area (Å²) in [5.41, 5.74) is -0.289. The van der Waals surface area contributed by atoms with E-state index in [4.69, 9.17) is 4.52 Å². The molecule has 8 nitrogen and oxygen atoms in total. The molecule has 0 radical (unpaired) electrons. The van der Waals surface area contributed by atoms with E-state index in [1.807, 2.05) is 14.0 Å². The minimum atomic E-state index is -0.987. The highest BCUT2D eigenvalue weighted by Gasteiger charge is 2.40. The number of hydrogen-bond acceptors (Lipinski definition) is 6. The zero-order valence-corrected chi connectivity index (χ0v) is 16.1. The van der Waals surface area contributed by atoms with Gasteiger partial charge >= 0.3 is 6.03 Å². The van der Waals surface area contributed by atoms with Gasteiger partial charge in [-0.2, -0.15) is 4.98 Å². The molecule has 1 fully saturated rings. The summed E-state index contributed by atoms with van der Waals surface area (Å²) in [6.07, 6.45) is 1.08. The van der Waals surface area contributed by atoms with Gasteiger partial charge in [-0.3, -0.25) is 4.79 Å². The Morgan fingerprint density at radius 3 is 2.79 bits per heavy atom. The molecule has 28 heavy (non-hydrogen) atoms. The molecular weight excluding hydrogens is 396 g/mol. The van der Waals surface area contributed by atoms with Gasteiger partial charge in [0.15, 0.2) is 5.82 Å². The molecule has 1 saturated heterocycles. The van der Waals surface area contributed by atoms with Crippen molar-refractivity contribution in [1.29, 1.82) is 0 Å². The maximum absolute atomic E-state index is 13.9. The molecule has 2 aromatic rings. The largest absolute Gasteiger partial charge is 0.339 e. The highest BCUT2D eigenvalue weighted by Crippen LogP contribution is 2.25. The lowest BCUT2D eigenvalue weighted by Gasteiger charge is -2.13. The van der Waals surface area contributed by atoms with E-state index in [-0.39, 0.29) is 37.0 Å². The van der Waals surface area contributed by atoms with Gasteiger partial charge in [-0.1, -0.05) is 5.16 Å². The van der Waals surface area contributed by atoms with Crippen molar-refractivity contribution in [3.05, 3.63) is 41.5 Å². The van der Waals surface area contributed by atoms with E-state index in [1.54, 1.807) is 0 Å². The third-order valence-corrected chi connectivity index (χ3v) is 4.31. The van der Waals surface area contributed by atoms with E-state index in [0.717, 1.165) is 12.1 Å². The Balaban J connectivity index is 0.00000280. The van der Waals surface area contributed by atoms with E-state index in [9.17, 15) is 18.4 Å². The van der Waals surface area contributed by atoms with Crippen LogP contribution in [0.15, 0.2) is 22.7 Å². The number of benzene rings is 1. The molecule has 2 atom stereocenters. The third kappa shape index (κ3) is 4.63. The Kier molecular flexibility index (Phi) is 7.03. The van der Waals surface area contributed by atoms with Crippen molar-refractivity contribution in [1.82, 2.24) is 20.8 Å². The van der Waals surface area contributed by atoms with Gasteiger partial charge in [0.1, 0.15) is 17.7 Å². The minimum Gasteiger partial charge on any atom is -0.339 e. The van der Waals surface area contributed by atoms with Crippen LogP contribution in [0.5, 0.6) is 0 Å². The number of halogens is 3. The fraction of sp³-hybridized carbons (Fsp3) is 0.412. The summed E-state index contributed by atoms with van der Waals surface area (Å²) in [7, 11) is 1.83.